The lowest BCUT2D eigenvalue weighted by Crippen LogP contribution is -2.28. The van der Waals surface area contributed by atoms with Crippen LogP contribution in [-0.4, -0.2) is 35.2 Å². The van der Waals surface area contributed by atoms with E-state index in [2.05, 4.69) is 34.4 Å². The van der Waals surface area contributed by atoms with Gasteiger partial charge in [0.15, 0.2) is 0 Å². The summed E-state index contributed by atoms with van der Waals surface area (Å²) < 4.78 is 5.49. The quantitative estimate of drug-likeness (QED) is 0.708. The number of aromatic nitrogens is 2. The van der Waals surface area contributed by atoms with Crippen LogP contribution in [0.2, 0.25) is 0 Å². The van der Waals surface area contributed by atoms with E-state index in [1.807, 2.05) is 19.9 Å². The molecule has 0 fully saturated rings. The smallest absolute Gasteiger partial charge is 0.218 e. The summed E-state index contributed by atoms with van der Waals surface area (Å²) in [5, 5.41) is 6.55. The summed E-state index contributed by atoms with van der Waals surface area (Å²) in [7, 11) is 0. The van der Waals surface area contributed by atoms with E-state index < -0.39 is 0 Å². The normalized spacial score (nSPS) is 10.9. The summed E-state index contributed by atoms with van der Waals surface area (Å²) in [5.41, 5.74) is 0. The molecule has 1 aromatic rings. The van der Waals surface area contributed by atoms with Crippen LogP contribution in [0.5, 0.6) is 5.88 Å². The zero-order valence-electron chi connectivity index (χ0n) is 11.0. The molecule has 5 heteroatoms. The molecule has 0 aromatic carbocycles. The molecule has 0 radical (unpaired) electrons. The Kier molecular flexibility index (Phi) is 5.69. The third-order valence-corrected chi connectivity index (χ3v) is 1.98. The van der Waals surface area contributed by atoms with Gasteiger partial charge in [-0.3, -0.25) is 0 Å². The van der Waals surface area contributed by atoms with Gasteiger partial charge < -0.3 is 15.4 Å². The molecule has 5 nitrogen and oxygen atoms in total. The summed E-state index contributed by atoms with van der Waals surface area (Å²) in [4.78, 5) is 8.18. The van der Waals surface area contributed by atoms with E-state index in [4.69, 9.17) is 4.74 Å². The molecule has 0 bridgehead atoms. The van der Waals surface area contributed by atoms with Gasteiger partial charge in [-0.15, -0.1) is 0 Å². The van der Waals surface area contributed by atoms with Gasteiger partial charge >= 0.3 is 0 Å². The lowest BCUT2D eigenvalue weighted by atomic mass is 10.4. The highest BCUT2D eigenvalue weighted by Crippen LogP contribution is 2.11. The van der Waals surface area contributed by atoms with E-state index in [0.29, 0.717) is 11.9 Å². The number of ether oxygens (including phenoxy) is 1. The summed E-state index contributed by atoms with van der Waals surface area (Å²) in [5.74, 6) is 1.40. The second-order valence-electron chi connectivity index (χ2n) is 4.44. The van der Waals surface area contributed by atoms with Crippen LogP contribution in [0, 0.1) is 0 Å². The number of nitrogens with one attached hydrogen (secondary N) is 2. The van der Waals surface area contributed by atoms with Crippen molar-refractivity contribution < 1.29 is 4.74 Å². The summed E-state index contributed by atoms with van der Waals surface area (Å²) in [6, 6.07) is 2.32. The first kappa shape index (κ1) is 13.7. The fraction of sp³-hybridized carbons (Fsp3) is 0.667. The highest BCUT2D eigenvalue weighted by Gasteiger charge is 2.01. The van der Waals surface area contributed by atoms with E-state index >= 15 is 0 Å². The maximum absolute atomic E-state index is 5.49. The molecule has 0 unspecified atom stereocenters. The molecule has 1 heterocycles. The monoisotopic (exact) mass is 238 g/mol. The van der Waals surface area contributed by atoms with Gasteiger partial charge in [0.2, 0.25) is 5.88 Å². The van der Waals surface area contributed by atoms with Crippen molar-refractivity contribution in [2.75, 3.05) is 18.4 Å². The average Bonchev–Trinajstić information content (AvgIpc) is 2.24. The molecular weight excluding hydrogens is 216 g/mol. The van der Waals surface area contributed by atoms with Gasteiger partial charge in [-0.1, -0.05) is 13.8 Å². The van der Waals surface area contributed by atoms with Gasteiger partial charge in [-0.2, -0.15) is 0 Å². The van der Waals surface area contributed by atoms with E-state index in [1.165, 1.54) is 6.33 Å². The van der Waals surface area contributed by atoms with Gasteiger partial charge in [-0.25, -0.2) is 9.97 Å². The Morgan fingerprint density at radius 3 is 2.59 bits per heavy atom. The van der Waals surface area contributed by atoms with Crippen molar-refractivity contribution in [2.45, 2.75) is 39.8 Å². The van der Waals surface area contributed by atoms with Gasteiger partial charge in [0.05, 0.1) is 6.10 Å². The van der Waals surface area contributed by atoms with Crippen LogP contribution in [0.1, 0.15) is 27.7 Å². The lowest BCUT2D eigenvalue weighted by Gasteiger charge is -2.11. The minimum Gasteiger partial charge on any atom is -0.475 e. The van der Waals surface area contributed by atoms with Gasteiger partial charge in [-0.05, 0) is 13.8 Å². The highest BCUT2D eigenvalue weighted by molar-refractivity contribution is 5.36. The molecule has 1 rings (SSSR count). The van der Waals surface area contributed by atoms with Crippen LogP contribution in [0.15, 0.2) is 12.4 Å². The molecule has 0 aliphatic carbocycles. The van der Waals surface area contributed by atoms with Gasteiger partial charge in [0.25, 0.3) is 0 Å². The average molecular weight is 238 g/mol. The molecule has 2 N–H and O–H groups in total. The van der Waals surface area contributed by atoms with Crippen molar-refractivity contribution in [3.05, 3.63) is 12.4 Å². The third-order valence-electron chi connectivity index (χ3n) is 1.98. The number of hydrogen-bond donors (Lipinski definition) is 2. The first-order chi connectivity index (χ1) is 8.08. The molecule has 0 aliphatic heterocycles. The molecule has 0 spiro atoms. The van der Waals surface area contributed by atoms with E-state index in [9.17, 15) is 0 Å². The third kappa shape index (κ3) is 6.06. The number of anilines is 1. The fourth-order valence-electron chi connectivity index (χ4n) is 1.29. The Morgan fingerprint density at radius 2 is 1.94 bits per heavy atom. The molecule has 0 amide bonds. The maximum atomic E-state index is 5.49. The van der Waals surface area contributed by atoms with Crippen LogP contribution in [0.3, 0.4) is 0 Å². The molecule has 96 valence electrons. The first-order valence-electron chi connectivity index (χ1n) is 6.04. The van der Waals surface area contributed by atoms with E-state index in [1.54, 1.807) is 0 Å². The maximum Gasteiger partial charge on any atom is 0.218 e. The Labute approximate surface area is 103 Å². The first-order valence-corrected chi connectivity index (χ1v) is 6.04. The van der Waals surface area contributed by atoms with Crippen molar-refractivity contribution in [3.63, 3.8) is 0 Å². The zero-order chi connectivity index (χ0) is 12.7. The largest absolute Gasteiger partial charge is 0.475 e. The van der Waals surface area contributed by atoms with Gasteiger partial charge in [0, 0.05) is 25.2 Å². The van der Waals surface area contributed by atoms with Crippen molar-refractivity contribution in [1.82, 2.24) is 15.3 Å². The Bertz CT molecular complexity index is 328. The number of nitrogens with zero attached hydrogens (tertiary/aromatic N) is 2. The molecule has 0 atom stereocenters. The molecular formula is C12H22N4O. The van der Waals surface area contributed by atoms with E-state index in [0.717, 1.165) is 18.9 Å². The van der Waals surface area contributed by atoms with Crippen LogP contribution in [0.4, 0.5) is 5.82 Å². The van der Waals surface area contributed by atoms with E-state index in [-0.39, 0.29) is 6.10 Å². The second-order valence-corrected chi connectivity index (χ2v) is 4.44. The van der Waals surface area contributed by atoms with Crippen molar-refractivity contribution >= 4 is 5.82 Å². The summed E-state index contributed by atoms with van der Waals surface area (Å²) >= 11 is 0. The highest BCUT2D eigenvalue weighted by atomic mass is 16.5. The van der Waals surface area contributed by atoms with Crippen LogP contribution in [-0.2, 0) is 0 Å². The fourth-order valence-corrected chi connectivity index (χ4v) is 1.29. The van der Waals surface area contributed by atoms with Crippen molar-refractivity contribution in [1.29, 1.82) is 0 Å². The summed E-state index contributed by atoms with van der Waals surface area (Å²) in [6.45, 7) is 9.93. The Hall–Kier alpha value is -1.36. The van der Waals surface area contributed by atoms with Gasteiger partial charge in [0.1, 0.15) is 12.1 Å². The van der Waals surface area contributed by atoms with Crippen LogP contribution < -0.4 is 15.4 Å². The lowest BCUT2D eigenvalue weighted by molar-refractivity contribution is 0.232. The van der Waals surface area contributed by atoms with Crippen molar-refractivity contribution in [3.8, 4) is 5.88 Å². The van der Waals surface area contributed by atoms with Crippen LogP contribution >= 0.6 is 0 Å². The zero-order valence-corrected chi connectivity index (χ0v) is 11.0. The number of rotatable bonds is 7. The number of hydrogen-bond acceptors (Lipinski definition) is 5. The molecule has 0 saturated heterocycles. The molecule has 1 aromatic heterocycles. The minimum absolute atomic E-state index is 0.125. The minimum atomic E-state index is 0.125. The van der Waals surface area contributed by atoms with Crippen molar-refractivity contribution in [2.24, 2.45) is 0 Å². The van der Waals surface area contributed by atoms with Crippen LogP contribution in [0.25, 0.3) is 0 Å². The second kappa shape index (κ2) is 7.06. The molecule has 0 aliphatic rings. The predicted molar refractivity (Wildman–Crippen MR) is 69.4 cm³/mol. The standard InChI is InChI=1S/C12H22N4O/c1-9(2)13-5-6-14-11-7-12(16-8-15-11)17-10(3)4/h7-10,13H,5-6H2,1-4H3,(H,14,15,16). The Balaban J connectivity index is 2.37. The topological polar surface area (TPSA) is 59.1 Å². The molecule has 0 saturated carbocycles. The SMILES string of the molecule is CC(C)NCCNc1cc(OC(C)C)ncn1. The Morgan fingerprint density at radius 1 is 1.18 bits per heavy atom. The summed E-state index contributed by atoms with van der Waals surface area (Å²) in [6.07, 6.45) is 1.64. The predicted octanol–water partition coefficient (Wildman–Crippen LogP) is 1.67. The molecule has 17 heavy (non-hydrogen) atoms.